The number of carbonyl (C=O) groups is 1. The SMILES string of the molecule is O=Cc1ncc(CBr)c(C(F)F)c1I. The molecule has 0 unspecified atom stereocenters. The maximum absolute atomic E-state index is 12.6. The Morgan fingerprint density at radius 2 is 2.29 bits per heavy atom. The van der Waals surface area contributed by atoms with Crippen molar-refractivity contribution < 1.29 is 13.6 Å². The summed E-state index contributed by atoms with van der Waals surface area (Å²) in [7, 11) is 0. The van der Waals surface area contributed by atoms with E-state index in [9.17, 15) is 13.6 Å². The number of carbonyl (C=O) groups excluding carboxylic acids is 1. The molecule has 14 heavy (non-hydrogen) atoms. The fourth-order valence-electron chi connectivity index (χ4n) is 0.977. The molecule has 0 radical (unpaired) electrons. The van der Waals surface area contributed by atoms with E-state index in [4.69, 9.17) is 0 Å². The van der Waals surface area contributed by atoms with Crippen LogP contribution < -0.4 is 0 Å². The van der Waals surface area contributed by atoms with Gasteiger partial charge in [-0.05, 0) is 28.2 Å². The third-order valence-electron chi connectivity index (χ3n) is 1.64. The van der Waals surface area contributed by atoms with Crippen LogP contribution in [0.15, 0.2) is 6.20 Å². The van der Waals surface area contributed by atoms with Gasteiger partial charge in [0.05, 0.1) is 3.57 Å². The van der Waals surface area contributed by atoms with Gasteiger partial charge in [-0.15, -0.1) is 0 Å². The Bertz CT molecular complexity index is 359. The average Bonchev–Trinajstić information content (AvgIpc) is 2.16. The van der Waals surface area contributed by atoms with Crippen LogP contribution in [0.4, 0.5) is 8.78 Å². The molecule has 0 atom stereocenters. The first-order valence-electron chi connectivity index (χ1n) is 3.58. The van der Waals surface area contributed by atoms with Gasteiger partial charge < -0.3 is 0 Å². The first kappa shape index (κ1) is 12.0. The van der Waals surface area contributed by atoms with Crippen LogP contribution in [0.1, 0.15) is 28.0 Å². The molecule has 0 spiro atoms. The van der Waals surface area contributed by atoms with E-state index in [1.807, 2.05) is 0 Å². The van der Waals surface area contributed by atoms with Crippen molar-refractivity contribution in [1.82, 2.24) is 4.98 Å². The van der Waals surface area contributed by atoms with Gasteiger partial charge in [-0.1, -0.05) is 15.9 Å². The Morgan fingerprint density at radius 1 is 1.64 bits per heavy atom. The molecular weight excluding hydrogens is 371 g/mol. The van der Waals surface area contributed by atoms with Crippen LogP contribution in [-0.2, 0) is 5.33 Å². The minimum Gasteiger partial charge on any atom is -0.296 e. The monoisotopic (exact) mass is 375 g/mol. The van der Waals surface area contributed by atoms with Crippen LogP contribution in [0.5, 0.6) is 0 Å². The van der Waals surface area contributed by atoms with E-state index in [1.54, 1.807) is 22.6 Å². The highest BCUT2D eigenvalue weighted by molar-refractivity contribution is 14.1. The van der Waals surface area contributed by atoms with Crippen molar-refractivity contribution >= 4 is 44.8 Å². The number of nitrogens with zero attached hydrogens (tertiary/aromatic N) is 1. The minimum absolute atomic E-state index is 0.0607. The van der Waals surface area contributed by atoms with Crippen molar-refractivity contribution in [2.24, 2.45) is 0 Å². The van der Waals surface area contributed by atoms with Crippen molar-refractivity contribution in [3.05, 3.63) is 26.6 Å². The third kappa shape index (κ3) is 2.28. The molecule has 0 aliphatic rings. The molecule has 0 aromatic carbocycles. The largest absolute Gasteiger partial charge is 0.296 e. The summed E-state index contributed by atoms with van der Waals surface area (Å²) in [6, 6.07) is 0. The van der Waals surface area contributed by atoms with Gasteiger partial charge >= 0.3 is 0 Å². The van der Waals surface area contributed by atoms with Crippen LogP contribution in [0.3, 0.4) is 0 Å². The molecule has 6 heteroatoms. The van der Waals surface area contributed by atoms with Crippen LogP contribution in [0, 0.1) is 3.57 Å². The van der Waals surface area contributed by atoms with Gasteiger partial charge in [-0.25, -0.2) is 8.78 Å². The zero-order valence-electron chi connectivity index (χ0n) is 6.81. The lowest BCUT2D eigenvalue weighted by Crippen LogP contribution is -2.03. The van der Waals surface area contributed by atoms with Crippen molar-refractivity contribution in [1.29, 1.82) is 0 Å². The summed E-state index contributed by atoms with van der Waals surface area (Å²) in [4.78, 5) is 14.2. The molecule has 0 amide bonds. The first-order valence-corrected chi connectivity index (χ1v) is 5.78. The van der Waals surface area contributed by atoms with Crippen LogP contribution >= 0.6 is 38.5 Å². The van der Waals surface area contributed by atoms with Gasteiger partial charge in [0.2, 0.25) is 0 Å². The Kier molecular flexibility index (Phi) is 4.36. The molecule has 0 aliphatic heterocycles. The maximum atomic E-state index is 12.6. The lowest BCUT2D eigenvalue weighted by atomic mass is 10.1. The van der Waals surface area contributed by atoms with Gasteiger partial charge in [-0.3, -0.25) is 9.78 Å². The Balaban J connectivity index is 3.38. The number of pyridine rings is 1. The molecule has 0 aliphatic carbocycles. The lowest BCUT2D eigenvalue weighted by Gasteiger charge is -2.09. The zero-order valence-corrected chi connectivity index (χ0v) is 10.5. The fraction of sp³-hybridized carbons (Fsp3) is 0.250. The highest BCUT2D eigenvalue weighted by atomic mass is 127. The average molecular weight is 376 g/mol. The van der Waals surface area contributed by atoms with Crippen molar-refractivity contribution in [2.45, 2.75) is 11.8 Å². The van der Waals surface area contributed by atoms with E-state index in [-0.39, 0.29) is 14.8 Å². The molecule has 0 saturated carbocycles. The van der Waals surface area contributed by atoms with Crippen molar-refractivity contribution in [2.75, 3.05) is 0 Å². The predicted molar refractivity (Wildman–Crippen MR) is 59.9 cm³/mol. The van der Waals surface area contributed by atoms with Gasteiger partial charge in [-0.2, -0.15) is 0 Å². The number of alkyl halides is 3. The number of hydrogen-bond donors (Lipinski definition) is 0. The number of aldehydes is 1. The Labute approximate surface area is 101 Å². The van der Waals surface area contributed by atoms with Crippen LogP contribution in [-0.4, -0.2) is 11.3 Å². The Morgan fingerprint density at radius 3 is 2.71 bits per heavy atom. The van der Waals surface area contributed by atoms with Gasteiger partial charge in [0.25, 0.3) is 6.43 Å². The maximum Gasteiger partial charge on any atom is 0.265 e. The fourth-order valence-corrected chi connectivity index (χ4v) is 2.27. The van der Waals surface area contributed by atoms with Gasteiger partial charge in [0.15, 0.2) is 6.29 Å². The molecule has 0 fully saturated rings. The predicted octanol–water partition coefficient (Wildman–Crippen LogP) is 3.33. The summed E-state index contributed by atoms with van der Waals surface area (Å²) in [6.45, 7) is 0. The summed E-state index contributed by atoms with van der Waals surface area (Å²) in [5, 5.41) is 0.300. The highest BCUT2D eigenvalue weighted by Gasteiger charge is 2.19. The second-order valence-corrected chi connectivity index (χ2v) is 4.09. The smallest absolute Gasteiger partial charge is 0.265 e. The molecule has 1 heterocycles. The molecule has 0 saturated heterocycles. The zero-order chi connectivity index (χ0) is 10.7. The lowest BCUT2D eigenvalue weighted by molar-refractivity contribution is 0.111. The third-order valence-corrected chi connectivity index (χ3v) is 3.38. The summed E-state index contributed by atoms with van der Waals surface area (Å²) >= 11 is 4.80. The highest BCUT2D eigenvalue weighted by Crippen LogP contribution is 2.29. The first-order chi connectivity index (χ1) is 6.61. The standard InChI is InChI=1S/C8H5BrF2INO/c9-1-4-2-13-5(3-14)7(12)6(4)8(10)11/h2-3,8H,1H2. The van der Waals surface area contributed by atoms with E-state index in [1.165, 1.54) is 6.20 Å². The number of halogens is 4. The van der Waals surface area contributed by atoms with E-state index in [0.29, 0.717) is 17.2 Å². The molecular formula is C8H5BrF2INO. The van der Waals surface area contributed by atoms with Gasteiger partial charge in [0.1, 0.15) is 5.69 Å². The number of aromatic nitrogens is 1. The van der Waals surface area contributed by atoms with Crippen molar-refractivity contribution in [3.8, 4) is 0 Å². The second kappa shape index (κ2) is 5.11. The summed E-state index contributed by atoms with van der Waals surface area (Å²) in [6.07, 6.45) is -0.815. The molecule has 0 bridgehead atoms. The molecule has 2 nitrogen and oxygen atoms in total. The molecule has 0 N–H and O–H groups in total. The van der Waals surface area contributed by atoms with E-state index in [0.717, 1.165) is 0 Å². The molecule has 1 aromatic heterocycles. The Hall–Kier alpha value is -0.110. The molecule has 76 valence electrons. The van der Waals surface area contributed by atoms with E-state index >= 15 is 0 Å². The second-order valence-electron chi connectivity index (χ2n) is 2.45. The van der Waals surface area contributed by atoms with E-state index < -0.39 is 6.43 Å². The van der Waals surface area contributed by atoms with E-state index in [2.05, 4.69) is 20.9 Å². The molecule has 1 aromatic rings. The van der Waals surface area contributed by atoms with Gasteiger partial charge in [0, 0.05) is 17.1 Å². The van der Waals surface area contributed by atoms with Crippen molar-refractivity contribution in [3.63, 3.8) is 0 Å². The summed E-state index contributed by atoms with van der Waals surface area (Å²) in [5.41, 5.74) is 0.361. The summed E-state index contributed by atoms with van der Waals surface area (Å²) < 4.78 is 25.5. The normalized spacial score (nSPS) is 10.6. The minimum atomic E-state index is -2.59. The number of hydrogen-bond acceptors (Lipinski definition) is 2. The van der Waals surface area contributed by atoms with Crippen LogP contribution in [0.2, 0.25) is 0 Å². The topological polar surface area (TPSA) is 30.0 Å². The molecule has 1 rings (SSSR count). The number of rotatable bonds is 3. The van der Waals surface area contributed by atoms with Crippen LogP contribution in [0.25, 0.3) is 0 Å². The summed E-state index contributed by atoms with van der Waals surface area (Å²) in [5.74, 6) is 0. The quantitative estimate of drug-likeness (QED) is 0.461.